The number of β-amino-alcohol motifs (C(OH)–C–C–N with tert-alkyl or cyclic N) is 1. The van der Waals surface area contributed by atoms with E-state index in [1.807, 2.05) is 6.26 Å². The molecule has 2 amide bonds. The summed E-state index contributed by atoms with van der Waals surface area (Å²) < 4.78 is 37.8. The van der Waals surface area contributed by atoms with Crippen LogP contribution in [-0.4, -0.2) is 59.0 Å². The summed E-state index contributed by atoms with van der Waals surface area (Å²) in [6, 6.07) is -0.645. The zero-order valence-electron chi connectivity index (χ0n) is 11.0. The number of halogens is 3. The number of alkyl halides is 3. The summed E-state index contributed by atoms with van der Waals surface area (Å²) in [6.45, 7) is 1.02. The Kier molecular flexibility index (Phi) is 5.37. The molecule has 0 spiro atoms. The van der Waals surface area contributed by atoms with E-state index in [2.05, 4.69) is 5.32 Å². The van der Waals surface area contributed by atoms with Gasteiger partial charge in [0.15, 0.2) is 5.60 Å². The zero-order chi connectivity index (χ0) is 14.7. The fourth-order valence-corrected chi connectivity index (χ4v) is 2.46. The van der Waals surface area contributed by atoms with Crippen molar-refractivity contribution < 1.29 is 23.1 Å². The molecule has 2 N–H and O–H groups in total. The highest BCUT2D eigenvalue weighted by molar-refractivity contribution is 7.98. The molecule has 0 aromatic rings. The van der Waals surface area contributed by atoms with Gasteiger partial charge in [0.1, 0.15) is 0 Å². The molecule has 1 rings (SSSR count). The van der Waals surface area contributed by atoms with E-state index in [0.29, 0.717) is 0 Å². The molecule has 1 aliphatic heterocycles. The van der Waals surface area contributed by atoms with Crippen molar-refractivity contribution in [2.45, 2.75) is 37.6 Å². The Hall–Kier alpha value is -0.630. The first-order chi connectivity index (χ1) is 8.69. The molecule has 0 aromatic heterocycles. The van der Waals surface area contributed by atoms with Gasteiger partial charge in [-0.15, -0.1) is 0 Å². The molecular weight excluding hydrogens is 281 g/mol. The predicted octanol–water partition coefficient (Wildman–Crippen LogP) is 1.84. The maximum Gasteiger partial charge on any atom is 0.419 e. The third kappa shape index (κ3) is 4.17. The minimum atomic E-state index is -4.70. The quantitative estimate of drug-likeness (QED) is 0.833. The van der Waals surface area contributed by atoms with Crippen LogP contribution in [0.2, 0.25) is 0 Å². The largest absolute Gasteiger partial charge is 0.419 e. The summed E-state index contributed by atoms with van der Waals surface area (Å²) >= 11 is 1.64. The van der Waals surface area contributed by atoms with Crippen LogP contribution in [0.15, 0.2) is 0 Å². The van der Waals surface area contributed by atoms with Gasteiger partial charge in [0.25, 0.3) is 0 Å². The minimum Gasteiger partial charge on any atom is -0.379 e. The molecule has 8 heteroatoms. The summed E-state index contributed by atoms with van der Waals surface area (Å²) in [5, 5.41) is 12.1. The monoisotopic (exact) mass is 300 g/mol. The van der Waals surface area contributed by atoms with Crippen molar-refractivity contribution in [3.63, 3.8) is 0 Å². The third-order valence-electron chi connectivity index (χ3n) is 3.19. The number of thioether (sulfide) groups is 1. The number of nitrogens with one attached hydrogen (secondary N) is 1. The normalized spacial score (nSPS) is 25.5. The van der Waals surface area contributed by atoms with E-state index in [4.69, 9.17) is 0 Å². The van der Waals surface area contributed by atoms with Crippen LogP contribution in [0.3, 0.4) is 0 Å². The number of likely N-dealkylation sites (tertiary alicyclic amines) is 1. The molecule has 1 saturated heterocycles. The molecule has 19 heavy (non-hydrogen) atoms. The van der Waals surface area contributed by atoms with Gasteiger partial charge in [0.2, 0.25) is 0 Å². The number of amides is 2. The van der Waals surface area contributed by atoms with Crippen molar-refractivity contribution in [2.24, 2.45) is 0 Å². The van der Waals surface area contributed by atoms with Gasteiger partial charge in [-0.3, -0.25) is 0 Å². The summed E-state index contributed by atoms with van der Waals surface area (Å²) in [4.78, 5) is 12.8. The SMILES string of the molecule is CSCCC(C)NC(=O)N1CCC(O)(C(F)(F)F)C1. The fourth-order valence-electron chi connectivity index (χ4n) is 1.87. The number of urea groups is 1. The molecule has 0 bridgehead atoms. The molecular formula is C11H19F3N2O2S. The smallest absolute Gasteiger partial charge is 0.379 e. The Morgan fingerprint density at radius 1 is 1.58 bits per heavy atom. The number of rotatable bonds is 4. The van der Waals surface area contributed by atoms with Gasteiger partial charge in [-0.2, -0.15) is 24.9 Å². The van der Waals surface area contributed by atoms with E-state index < -0.39 is 30.8 Å². The molecule has 0 radical (unpaired) electrons. The first-order valence-electron chi connectivity index (χ1n) is 6.03. The lowest BCUT2D eigenvalue weighted by molar-refractivity contribution is -0.253. The van der Waals surface area contributed by atoms with Gasteiger partial charge in [-0.05, 0) is 25.4 Å². The number of hydrogen-bond donors (Lipinski definition) is 2. The highest BCUT2D eigenvalue weighted by Gasteiger charge is 2.57. The molecule has 1 fully saturated rings. The second-order valence-corrected chi connectivity index (χ2v) is 5.82. The number of carbonyl (C=O) groups excluding carboxylic acids is 1. The Balaban J connectivity index is 2.48. The first kappa shape index (κ1) is 16.4. The zero-order valence-corrected chi connectivity index (χ0v) is 11.8. The van der Waals surface area contributed by atoms with Gasteiger partial charge in [0, 0.05) is 19.0 Å². The topological polar surface area (TPSA) is 52.6 Å². The van der Waals surface area contributed by atoms with Crippen molar-refractivity contribution in [2.75, 3.05) is 25.1 Å². The molecule has 0 aromatic carbocycles. The van der Waals surface area contributed by atoms with E-state index >= 15 is 0 Å². The Labute approximate surface area is 114 Å². The maximum absolute atomic E-state index is 12.6. The van der Waals surface area contributed by atoms with E-state index in [1.54, 1.807) is 18.7 Å². The van der Waals surface area contributed by atoms with Gasteiger partial charge >= 0.3 is 12.2 Å². The van der Waals surface area contributed by atoms with Crippen LogP contribution in [0.1, 0.15) is 19.8 Å². The second-order valence-electron chi connectivity index (χ2n) is 4.83. The van der Waals surface area contributed by atoms with Gasteiger partial charge in [-0.1, -0.05) is 0 Å². The van der Waals surface area contributed by atoms with Crippen LogP contribution in [0.4, 0.5) is 18.0 Å². The van der Waals surface area contributed by atoms with Crippen molar-refractivity contribution in [1.82, 2.24) is 10.2 Å². The van der Waals surface area contributed by atoms with E-state index in [1.165, 1.54) is 0 Å². The molecule has 0 aliphatic carbocycles. The van der Waals surface area contributed by atoms with Crippen LogP contribution in [0.25, 0.3) is 0 Å². The van der Waals surface area contributed by atoms with Crippen LogP contribution in [-0.2, 0) is 0 Å². The van der Waals surface area contributed by atoms with Crippen molar-refractivity contribution in [3.05, 3.63) is 0 Å². The number of carbonyl (C=O) groups is 1. The summed E-state index contributed by atoms with van der Waals surface area (Å²) in [5.74, 6) is 0.869. The first-order valence-corrected chi connectivity index (χ1v) is 7.42. The molecule has 1 heterocycles. The van der Waals surface area contributed by atoms with Crippen LogP contribution >= 0.6 is 11.8 Å². The highest BCUT2D eigenvalue weighted by atomic mass is 32.2. The van der Waals surface area contributed by atoms with Crippen molar-refractivity contribution in [3.8, 4) is 0 Å². The highest BCUT2D eigenvalue weighted by Crippen LogP contribution is 2.37. The summed E-state index contributed by atoms with van der Waals surface area (Å²) in [5.41, 5.74) is -2.77. The lowest BCUT2D eigenvalue weighted by Crippen LogP contribution is -2.50. The molecule has 1 aliphatic rings. The van der Waals surface area contributed by atoms with Gasteiger partial charge in [0.05, 0.1) is 6.54 Å². The van der Waals surface area contributed by atoms with E-state index in [-0.39, 0.29) is 12.6 Å². The van der Waals surface area contributed by atoms with Crippen molar-refractivity contribution >= 4 is 17.8 Å². The Morgan fingerprint density at radius 3 is 2.68 bits per heavy atom. The third-order valence-corrected chi connectivity index (χ3v) is 3.83. The second kappa shape index (κ2) is 6.21. The Bertz CT molecular complexity index is 328. The lowest BCUT2D eigenvalue weighted by Gasteiger charge is -2.26. The molecule has 112 valence electrons. The van der Waals surface area contributed by atoms with Crippen molar-refractivity contribution in [1.29, 1.82) is 0 Å². The van der Waals surface area contributed by atoms with Crippen LogP contribution in [0.5, 0.6) is 0 Å². The number of hydrogen-bond acceptors (Lipinski definition) is 3. The molecule has 2 unspecified atom stereocenters. The molecule has 0 saturated carbocycles. The standard InChI is InChI=1S/C11H19F3N2O2S/c1-8(3-6-19-2)15-9(17)16-5-4-10(18,7-16)11(12,13)14/h8,18H,3-7H2,1-2H3,(H,15,17). The van der Waals surface area contributed by atoms with Crippen LogP contribution in [0, 0.1) is 0 Å². The van der Waals surface area contributed by atoms with E-state index in [9.17, 15) is 23.1 Å². The average Bonchev–Trinajstić information content (AvgIpc) is 2.70. The predicted molar refractivity (Wildman–Crippen MR) is 68.2 cm³/mol. The van der Waals surface area contributed by atoms with Gasteiger partial charge in [-0.25, -0.2) is 4.79 Å². The average molecular weight is 300 g/mol. The summed E-state index contributed by atoms with van der Waals surface area (Å²) in [7, 11) is 0. The maximum atomic E-state index is 12.6. The number of aliphatic hydroxyl groups is 1. The Morgan fingerprint density at radius 2 is 2.21 bits per heavy atom. The number of nitrogens with zero attached hydrogens (tertiary/aromatic N) is 1. The van der Waals surface area contributed by atoms with Gasteiger partial charge < -0.3 is 15.3 Å². The molecule has 4 nitrogen and oxygen atoms in total. The van der Waals surface area contributed by atoms with Crippen LogP contribution < -0.4 is 5.32 Å². The summed E-state index contributed by atoms with van der Waals surface area (Å²) in [6.07, 6.45) is -2.47. The fraction of sp³-hybridized carbons (Fsp3) is 0.909. The minimum absolute atomic E-state index is 0.0862. The molecule has 2 atom stereocenters. The lowest BCUT2D eigenvalue weighted by atomic mass is 10.0. The van der Waals surface area contributed by atoms with E-state index in [0.717, 1.165) is 17.1 Å².